The third-order valence-corrected chi connectivity index (χ3v) is 1.08. The predicted octanol–water partition coefficient (Wildman–Crippen LogP) is -1.74. The Balaban J connectivity index is 3.34. The molecule has 0 saturated carbocycles. The third kappa shape index (κ3) is 4.11. The molecule has 10 heavy (non-hydrogen) atoms. The van der Waals surface area contributed by atoms with Crippen LogP contribution in [0.5, 0.6) is 0 Å². The molecule has 0 fully saturated rings. The van der Waals surface area contributed by atoms with E-state index in [1.54, 1.807) is 0 Å². The van der Waals surface area contributed by atoms with Crippen LogP contribution in [0.3, 0.4) is 0 Å². The van der Waals surface area contributed by atoms with Gasteiger partial charge >= 0.3 is 6.03 Å². The van der Waals surface area contributed by atoms with Crippen LogP contribution in [0.15, 0.2) is 0 Å². The number of nitrogens with two attached hydrogens (primary N) is 1. The number of carbonyl (C=O) groups excluding carboxylic acids is 1. The van der Waals surface area contributed by atoms with Crippen molar-refractivity contribution in [3.63, 3.8) is 0 Å². The number of rotatable bonds is 4. The first-order chi connectivity index (χ1) is 4.70. The van der Waals surface area contributed by atoms with E-state index >= 15 is 0 Å². The summed E-state index contributed by atoms with van der Waals surface area (Å²) >= 11 is 0. The minimum absolute atomic E-state index is 0.156. The molecule has 0 bridgehead atoms. The fourth-order valence-electron chi connectivity index (χ4n) is 0.432. The number of amides is 2. The summed E-state index contributed by atoms with van der Waals surface area (Å²) < 4.78 is 0. The molecule has 5 heteroatoms. The standard InChI is InChI=1S/C5H12N2O3/c6-5(10)7-1-4(2-8)3-9/h4,8-9H,1-3H2,(H3,6,7,10). The quantitative estimate of drug-likeness (QED) is 0.381. The van der Waals surface area contributed by atoms with Gasteiger partial charge in [0.25, 0.3) is 0 Å². The molecule has 0 spiro atoms. The normalized spacial score (nSPS) is 9.90. The summed E-state index contributed by atoms with van der Waals surface area (Å²) in [4.78, 5) is 10.1. The van der Waals surface area contributed by atoms with Crippen LogP contribution in [0.2, 0.25) is 0 Å². The van der Waals surface area contributed by atoms with Crippen LogP contribution in [0.1, 0.15) is 0 Å². The molecular formula is C5H12N2O3. The summed E-state index contributed by atoms with van der Waals surface area (Å²) in [7, 11) is 0. The topological polar surface area (TPSA) is 95.6 Å². The van der Waals surface area contributed by atoms with Crippen LogP contribution in [0.25, 0.3) is 0 Å². The van der Waals surface area contributed by atoms with Gasteiger partial charge in [0.1, 0.15) is 0 Å². The molecule has 0 heterocycles. The maximum Gasteiger partial charge on any atom is 0.312 e. The highest BCUT2D eigenvalue weighted by Crippen LogP contribution is 1.88. The predicted molar refractivity (Wildman–Crippen MR) is 35.2 cm³/mol. The number of carbonyl (C=O) groups is 1. The zero-order valence-electron chi connectivity index (χ0n) is 5.58. The molecule has 0 atom stereocenters. The molecule has 0 aromatic carbocycles. The van der Waals surface area contributed by atoms with E-state index in [2.05, 4.69) is 5.32 Å². The number of aliphatic hydroxyl groups is 2. The Morgan fingerprint density at radius 1 is 1.50 bits per heavy atom. The van der Waals surface area contributed by atoms with E-state index in [9.17, 15) is 4.79 Å². The molecule has 0 aliphatic rings. The first kappa shape index (κ1) is 9.19. The summed E-state index contributed by atoms with van der Waals surface area (Å²) in [6.45, 7) is -0.101. The Morgan fingerprint density at radius 3 is 2.30 bits per heavy atom. The number of aliphatic hydroxyl groups excluding tert-OH is 2. The molecule has 0 aliphatic heterocycles. The van der Waals surface area contributed by atoms with Gasteiger partial charge in [-0.05, 0) is 0 Å². The number of hydrogen-bond acceptors (Lipinski definition) is 3. The minimum Gasteiger partial charge on any atom is -0.396 e. The molecule has 0 saturated heterocycles. The lowest BCUT2D eigenvalue weighted by atomic mass is 10.2. The maximum atomic E-state index is 10.1. The van der Waals surface area contributed by atoms with Gasteiger partial charge in [-0.1, -0.05) is 0 Å². The summed E-state index contributed by atoms with van der Waals surface area (Å²) in [5.41, 5.74) is 4.74. The van der Waals surface area contributed by atoms with Gasteiger partial charge in [0, 0.05) is 25.7 Å². The van der Waals surface area contributed by atoms with Crippen molar-refractivity contribution in [2.75, 3.05) is 19.8 Å². The van der Waals surface area contributed by atoms with Crippen LogP contribution < -0.4 is 11.1 Å². The molecule has 0 rings (SSSR count). The molecule has 5 N–H and O–H groups in total. The zero-order chi connectivity index (χ0) is 7.98. The van der Waals surface area contributed by atoms with Gasteiger partial charge in [-0.3, -0.25) is 0 Å². The number of hydrogen-bond donors (Lipinski definition) is 4. The first-order valence-electron chi connectivity index (χ1n) is 2.95. The fourth-order valence-corrected chi connectivity index (χ4v) is 0.432. The number of primary amides is 1. The van der Waals surface area contributed by atoms with Crippen molar-refractivity contribution in [2.24, 2.45) is 11.7 Å². The van der Waals surface area contributed by atoms with Crippen LogP contribution >= 0.6 is 0 Å². The van der Waals surface area contributed by atoms with E-state index in [-0.39, 0.29) is 25.7 Å². The van der Waals surface area contributed by atoms with Crippen molar-refractivity contribution >= 4 is 6.03 Å². The van der Waals surface area contributed by atoms with Gasteiger partial charge in [0.15, 0.2) is 0 Å². The smallest absolute Gasteiger partial charge is 0.312 e. The molecule has 60 valence electrons. The van der Waals surface area contributed by atoms with Crippen molar-refractivity contribution < 1.29 is 15.0 Å². The summed E-state index contributed by atoms with van der Waals surface area (Å²) in [5, 5.41) is 19.2. The third-order valence-electron chi connectivity index (χ3n) is 1.08. The summed E-state index contributed by atoms with van der Waals surface area (Å²) in [6, 6.07) is -0.646. The van der Waals surface area contributed by atoms with Gasteiger partial charge in [-0.15, -0.1) is 0 Å². The summed E-state index contributed by atoms with van der Waals surface area (Å²) in [6.07, 6.45) is 0. The SMILES string of the molecule is NC(=O)NCC(CO)CO. The van der Waals surface area contributed by atoms with Crippen molar-refractivity contribution in [1.29, 1.82) is 0 Å². The highest BCUT2D eigenvalue weighted by molar-refractivity contribution is 5.71. The molecule has 0 aromatic heterocycles. The Morgan fingerprint density at radius 2 is 2.00 bits per heavy atom. The monoisotopic (exact) mass is 148 g/mol. The molecule has 0 aliphatic carbocycles. The Labute approximate surface area is 58.8 Å². The average Bonchev–Trinajstić information content (AvgIpc) is 1.90. The molecule has 0 unspecified atom stereocenters. The van der Waals surface area contributed by atoms with Crippen LogP contribution in [0, 0.1) is 5.92 Å². The van der Waals surface area contributed by atoms with Gasteiger partial charge < -0.3 is 21.3 Å². The van der Waals surface area contributed by atoms with E-state index in [1.807, 2.05) is 0 Å². The second kappa shape index (κ2) is 5.01. The fraction of sp³-hybridized carbons (Fsp3) is 0.800. The first-order valence-corrected chi connectivity index (χ1v) is 2.95. The molecule has 2 amide bonds. The highest BCUT2D eigenvalue weighted by atomic mass is 16.3. The van der Waals surface area contributed by atoms with Gasteiger partial charge in [0.2, 0.25) is 0 Å². The Bertz CT molecular complexity index is 103. The van der Waals surface area contributed by atoms with E-state index in [4.69, 9.17) is 15.9 Å². The van der Waals surface area contributed by atoms with Gasteiger partial charge in [-0.2, -0.15) is 0 Å². The van der Waals surface area contributed by atoms with Crippen LogP contribution in [-0.4, -0.2) is 36.0 Å². The number of urea groups is 1. The molecule has 0 radical (unpaired) electrons. The van der Waals surface area contributed by atoms with E-state index in [0.717, 1.165) is 0 Å². The van der Waals surface area contributed by atoms with Gasteiger partial charge in [-0.25, -0.2) is 4.79 Å². The second-order valence-electron chi connectivity index (χ2n) is 1.98. The van der Waals surface area contributed by atoms with Crippen molar-refractivity contribution in [1.82, 2.24) is 5.32 Å². The van der Waals surface area contributed by atoms with Gasteiger partial charge in [0.05, 0.1) is 0 Å². The number of nitrogens with one attached hydrogen (secondary N) is 1. The molecule has 5 nitrogen and oxygen atoms in total. The van der Waals surface area contributed by atoms with Crippen molar-refractivity contribution in [2.45, 2.75) is 0 Å². The molecular weight excluding hydrogens is 136 g/mol. The minimum atomic E-state index is -0.646. The van der Waals surface area contributed by atoms with Crippen molar-refractivity contribution in [3.8, 4) is 0 Å². The average molecular weight is 148 g/mol. The summed E-state index contributed by atoms with van der Waals surface area (Å²) in [5.74, 6) is -0.313. The lowest BCUT2D eigenvalue weighted by Gasteiger charge is -2.09. The largest absolute Gasteiger partial charge is 0.396 e. The second-order valence-corrected chi connectivity index (χ2v) is 1.98. The van der Waals surface area contributed by atoms with Crippen molar-refractivity contribution in [3.05, 3.63) is 0 Å². The highest BCUT2D eigenvalue weighted by Gasteiger charge is 2.04. The maximum absolute atomic E-state index is 10.1. The lowest BCUT2D eigenvalue weighted by Crippen LogP contribution is -2.35. The Hall–Kier alpha value is -0.810. The van der Waals surface area contributed by atoms with E-state index in [1.165, 1.54) is 0 Å². The Kier molecular flexibility index (Phi) is 4.61. The van der Waals surface area contributed by atoms with E-state index in [0.29, 0.717) is 0 Å². The van der Waals surface area contributed by atoms with E-state index < -0.39 is 6.03 Å². The lowest BCUT2D eigenvalue weighted by molar-refractivity contribution is 0.149. The van der Waals surface area contributed by atoms with Crippen LogP contribution in [-0.2, 0) is 0 Å². The van der Waals surface area contributed by atoms with Crippen LogP contribution in [0.4, 0.5) is 4.79 Å². The zero-order valence-corrected chi connectivity index (χ0v) is 5.58. The molecule has 0 aromatic rings.